The maximum Gasteiger partial charge on any atom is 0.253 e. The molecule has 122 valence electrons. The summed E-state index contributed by atoms with van der Waals surface area (Å²) in [7, 11) is 0. The van der Waals surface area contributed by atoms with Crippen molar-refractivity contribution in [3.63, 3.8) is 0 Å². The smallest absolute Gasteiger partial charge is 0.253 e. The van der Waals surface area contributed by atoms with Crippen LogP contribution >= 0.6 is 0 Å². The van der Waals surface area contributed by atoms with Crippen LogP contribution in [0, 0.1) is 0 Å². The third-order valence-electron chi connectivity index (χ3n) is 3.45. The molecule has 1 atom stereocenters. The van der Waals surface area contributed by atoms with Crippen molar-refractivity contribution in [3.8, 4) is 11.5 Å². The van der Waals surface area contributed by atoms with Gasteiger partial charge in [0.05, 0.1) is 6.61 Å². The van der Waals surface area contributed by atoms with Gasteiger partial charge in [0.15, 0.2) is 0 Å². The molecule has 1 aromatic heterocycles. The van der Waals surface area contributed by atoms with Crippen molar-refractivity contribution >= 4 is 11.6 Å². The maximum absolute atomic E-state index is 12.2. The van der Waals surface area contributed by atoms with Crippen molar-refractivity contribution in [2.45, 2.75) is 19.6 Å². The molecule has 0 aliphatic rings. The van der Waals surface area contributed by atoms with Gasteiger partial charge >= 0.3 is 0 Å². The van der Waals surface area contributed by atoms with Crippen LogP contribution in [0.25, 0.3) is 11.5 Å². The van der Waals surface area contributed by atoms with E-state index in [1.807, 2.05) is 42.5 Å². The van der Waals surface area contributed by atoms with Gasteiger partial charge in [0.1, 0.15) is 6.10 Å². The van der Waals surface area contributed by atoms with Gasteiger partial charge in [-0.3, -0.25) is 4.79 Å². The predicted molar refractivity (Wildman–Crippen MR) is 89.1 cm³/mol. The SMILES string of the molecule is C[C@@H](OCc1ccccc1)C(=O)Nc1cccc(-c2nnco2)c1. The average molecular weight is 323 g/mol. The molecule has 0 aliphatic carbocycles. The third kappa shape index (κ3) is 4.05. The first-order valence-corrected chi connectivity index (χ1v) is 7.55. The zero-order valence-electron chi connectivity index (χ0n) is 13.2. The molecule has 6 heteroatoms. The number of hydrogen-bond donors (Lipinski definition) is 1. The van der Waals surface area contributed by atoms with Gasteiger partial charge in [0, 0.05) is 11.3 Å². The summed E-state index contributed by atoms with van der Waals surface area (Å²) in [6, 6.07) is 16.9. The van der Waals surface area contributed by atoms with E-state index in [1.165, 1.54) is 6.39 Å². The minimum Gasteiger partial charge on any atom is -0.423 e. The van der Waals surface area contributed by atoms with Crippen LogP contribution in [0.3, 0.4) is 0 Å². The van der Waals surface area contributed by atoms with Crippen molar-refractivity contribution < 1.29 is 13.9 Å². The second-order valence-corrected chi connectivity index (χ2v) is 5.25. The molecule has 2 aromatic carbocycles. The molecule has 1 amide bonds. The Labute approximate surface area is 139 Å². The Morgan fingerprint density at radius 1 is 1.21 bits per heavy atom. The molecule has 1 heterocycles. The summed E-state index contributed by atoms with van der Waals surface area (Å²) in [4.78, 5) is 12.2. The van der Waals surface area contributed by atoms with Crippen molar-refractivity contribution in [2.24, 2.45) is 0 Å². The number of amides is 1. The number of aromatic nitrogens is 2. The number of anilines is 1. The highest BCUT2D eigenvalue weighted by Crippen LogP contribution is 2.20. The summed E-state index contributed by atoms with van der Waals surface area (Å²) in [5.41, 5.74) is 2.41. The standard InChI is InChI=1S/C18H17N3O3/c1-13(23-11-14-6-3-2-4-7-14)17(22)20-16-9-5-8-15(10-16)18-21-19-12-24-18/h2-10,12-13H,11H2,1H3,(H,20,22)/t13-/m1/s1. The molecule has 0 aliphatic heterocycles. The lowest BCUT2D eigenvalue weighted by molar-refractivity contribution is -0.127. The summed E-state index contributed by atoms with van der Waals surface area (Å²) < 4.78 is 10.8. The number of carbonyl (C=O) groups excluding carboxylic acids is 1. The van der Waals surface area contributed by atoms with Crippen LogP contribution in [-0.2, 0) is 16.1 Å². The van der Waals surface area contributed by atoms with Gasteiger partial charge in [0.2, 0.25) is 12.3 Å². The zero-order valence-corrected chi connectivity index (χ0v) is 13.2. The average Bonchev–Trinajstić information content (AvgIpc) is 3.15. The Morgan fingerprint density at radius 2 is 2.04 bits per heavy atom. The van der Waals surface area contributed by atoms with E-state index in [0.29, 0.717) is 18.2 Å². The van der Waals surface area contributed by atoms with E-state index in [-0.39, 0.29) is 5.91 Å². The fourth-order valence-corrected chi connectivity index (χ4v) is 2.14. The van der Waals surface area contributed by atoms with Crippen LogP contribution in [0.4, 0.5) is 5.69 Å². The molecule has 0 unspecified atom stereocenters. The number of ether oxygens (including phenoxy) is 1. The van der Waals surface area contributed by atoms with Gasteiger partial charge in [-0.15, -0.1) is 10.2 Å². The summed E-state index contributed by atoms with van der Waals surface area (Å²) >= 11 is 0. The van der Waals surface area contributed by atoms with E-state index < -0.39 is 6.10 Å². The molecule has 0 saturated carbocycles. The summed E-state index contributed by atoms with van der Waals surface area (Å²) in [6.45, 7) is 2.11. The first-order valence-electron chi connectivity index (χ1n) is 7.55. The predicted octanol–water partition coefficient (Wildman–Crippen LogP) is 3.28. The number of nitrogens with one attached hydrogen (secondary N) is 1. The molecular formula is C18H17N3O3. The molecular weight excluding hydrogens is 306 g/mol. The van der Waals surface area contributed by atoms with Gasteiger partial charge in [-0.25, -0.2) is 0 Å². The highest BCUT2D eigenvalue weighted by molar-refractivity contribution is 5.94. The van der Waals surface area contributed by atoms with E-state index >= 15 is 0 Å². The van der Waals surface area contributed by atoms with Crippen molar-refractivity contribution in [1.82, 2.24) is 10.2 Å². The zero-order chi connectivity index (χ0) is 16.8. The lowest BCUT2D eigenvalue weighted by Crippen LogP contribution is -2.27. The molecule has 24 heavy (non-hydrogen) atoms. The fraction of sp³-hybridized carbons (Fsp3) is 0.167. The Balaban J connectivity index is 1.59. The minimum absolute atomic E-state index is 0.214. The van der Waals surface area contributed by atoms with Gasteiger partial charge < -0.3 is 14.5 Å². The molecule has 0 saturated heterocycles. The largest absolute Gasteiger partial charge is 0.423 e. The van der Waals surface area contributed by atoms with Gasteiger partial charge in [0.25, 0.3) is 5.91 Å². The number of hydrogen-bond acceptors (Lipinski definition) is 5. The Morgan fingerprint density at radius 3 is 2.79 bits per heavy atom. The van der Waals surface area contributed by atoms with Crippen LogP contribution in [0.15, 0.2) is 65.4 Å². The summed E-state index contributed by atoms with van der Waals surface area (Å²) in [5.74, 6) is 0.188. The number of carbonyl (C=O) groups is 1. The van der Waals surface area contributed by atoms with E-state index in [1.54, 1.807) is 19.1 Å². The molecule has 6 nitrogen and oxygen atoms in total. The number of rotatable bonds is 6. The second kappa shape index (κ2) is 7.52. The number of nitrogens with zero attached hydrogens (tertiary/aromatic N) is 2. The highest BCUT2D eigenvalue weighted by atomic mass is 16.5. The minimum atomic E-state index is -0.572. The molecule has 1 N–H and O–H groups in total. The second-order valence-electron chi connectivity index (χ2n) is 5.25. The normalized spacial score (nSPS) is 11.9. The Hall–Kier alpha value is -2.99. The van der Waals surface area contributed by atoms with E-state index in [9.17, 15) is 4.79 Å². The highest BCUT2D eigenvalue weighted by Gasteiger charge is 2.14. The molecule has 3 rings (SSSR count). The van der Waals surface area contributed by atoms with E-state index in [4.69, 9.17) is 9.15 Å². The summed E-state index contributed by atoms with van der Waals surface area (Å²) in [5, 5.41) is 10.3. The first kappa shape index (κ1) is 15.9. The molecule has 3 aromatic rings. The number of benzene rings is 2. The van der Waals surface area contributed by atoms with Crippen molar-refractivity contribution in [3.05, 3.63) is 66.6 Å². The van der Waals surface area contributed by atoms with Gasteiger partial charge in [-0.05, 0) is 30.7 Å². The quantitative estimate of drug-likeness (QED) is 0.753. The Kier molecular flexibility index (Phi) is 4.98. The monoisotopic (exact) mass is 323 g/mol. The molecule has 0 fully saturated rings. The fourth-order valence-electron chi connectivity index (χ4n) is 2.14. The van der Waals surface area contributed by atoms with Crippen molar-refractivity contribution in [2.75, 3.05) is 5.32 Å². The third-order valence-corrected chi connectivity index (χ3v) is 3.45. The molecule has 0 spiro atoms. The van der Waals surface area contributed by atoms with Crippen LogP contribution in [0.2, 0.25) is 0 Å². The first-order chi connectivity index (χ1) is 11.7. The van der Waals surface area contributed by atoms with E-state index in [0.717, 1.165) is 11.1 Å². The lowest BCUT2D eigenvalue weighted by Gasteiger charge is -2.13. The van der Waals surface area contributed by atoms with Crippen LogP contribution < -0.4 is 5.32 Å². The Bertz CT molecular complexity index is 788. The van der Waals surface area contributed by atoms with Crippen molar-refractivity contribution in [1.29, 1.82) is 0 Å². The molecule has 0 radical (unpaired) electrons. The van der Waals surface area contributed by atoms with Crippen LogP contribution in [0.1, 0.15) is 12.5 Å². The van der Waals surface area contributed by atoms with Crippen LogP contribution in [-0.4, -0.2) is 22.2 Å². The molecule has 0 bridgehead atoms. The van der Waals surface area contributed by atoms with Gasteiger partial charge in [-0.1, -0.05) is 36.4 Å². The van der Waals surface area contributed by atoms with E-state index in [2.05, 4.69) is 15.5 Å². The van der Waals surface area contributed by atoms with Gasteiger partial charge in [-0.2, -0.15) is 0 Å². The maximum atomic E-state index is 12.2. The summed E-state index contributed by atoms with van der Waals surface area (Å²) in [6.07, 6.45) is 0.692. The van der Waals surface area contributed by atoms with Crippen LogP contribution in [0.5, 0.6) is 0 Å². The lowest BCUT2D eigenvalue weighted by atomic mass is 10.2. The topological polar surface area (TPSA) is 77.2 Å².